The molecule has 1 aliphatic rings. The van der Waals surface area contributed by atoms with Crippen LogP contribution in [0.3, 0.4) is 0 Å². The molecular weight excluding hydrogens is 374 g/mol. The van der Waals surface area contributed by atoms with Gasteiger partial charge in [0.25, 0.3) is 0 Å². The average Bonchev–Trinajstić information content (AvgIpc) is 3.37. The maximum atomic E-state index is 12.8. The Hall–Kier alpha value is -2.66. The first-order valence-electron chi connectivity index (χ1n) is 9.55. The van der Waals surface area contributed by atoms with Crippen LogP contribution in [0.4, 0.5) is 0 Å². The van der Waals surface area contributed by atoms with Gasteiger partial charge in [-0.1, -0.05) is 46.6 Å². The molecule has 0 bridgehead atoms. The SMILES string of the molecule is Cc1ccc(C2CCCN2C(=O)CCc2nc(-c3ccc(Cl)cc3)no2)cc1. The monoisotopic (exact) mass is 395 g/mol. The Morgan fingerprint density at radius 3 is 2.68 bits per heavy atom. The van der Waals surface area contributed by atoms with Crippen LogP contribution < -0.4 is 0 Å². The smallest absolute Gasteiger partial charge is 0.227 e. The van der Waals surface area contributed by atoms with Gasteiger partial charge in [0.1, 0.15) is 0 Å². The van der Waals surface area contributed by atoms with Crippen molar-refractivity contribution in [1.82, 2.24) is 15.0 Å². The van der Waals surface area contributed by atoms with Crippen LogP contribution in [0.15, 0.2) is 53.1 Å². The largest absolute Gasteiger partial charge is 0.339 e. The van der Waals surface area contributed by atoms with Crippen molar-refractivity contribution in [3.05, 3.63) is 70.6 Å². The van der Waals surface area contributed by atoms with Gasteiger partial charge in [-0.3, -0.25) is 4.79 Å². The molecule has 0 saturated carbocycles. The predicted molar refractivity (Wildman–Crippen MR) is 108 cm³/mol. The summed E-state index contributed by atoms with van der Waals surface area (Å²) in [5.74, 6) is 1.12. The molecule has 3 aromatic rings. The number of benzene rings is 2. The fraction of sp³-hybridized carbons (Fsp3) is 0.318. The Bertz CT molecular complexity index is 951. The van der Waals surface area contributed by atoms with E-state index in [1.165, 1.54) is 11.1 Å². The first-order chi connectivity index (χ1) is 13.6. The molecule has 144 valence electrons. The van der Waals surface area contributed by atoms with Crippen molar-refractivity contribution in [2.75, 3.05) is 6.54 Å². The lowest BCUT2D eigenvalue weighted by atomic mass is 10.0. The van der Waals surface area contributed by atoms with Crippen LogP contribution in [0.2, 0.25) is 5.02 Å². The molecule has 1 fully saturated rings. The van der Waals surface area contributed by atoms with Gasteiger partial charge in [-0.05, 0) is 49.6 Å². The quantitative estimate of drug-likeness (QED) is 0.610. The molecule has 1 unspecified atom stereocenters. The Morgan fingerprint density at radius 2 is 1.93 bits per heavy atom. The number of halogens is 1. The van der Waals surface area contributed by atoms with E-state index >= 15 is 0 Å². The lowest BCUT2D eigenvalue weighted by Crippen LogP contribution is -2.30. The third-order valence-corrected chi connectivity index (χ3v) is 5.41. The van der Waals surface area contributed by atoms with Gasteiger partial charge >= 0.3 is 0 Å². The normalized spacial score (nSPS) is 16.5. The average molecular weight is 396 g/mol. The lowest BCUT2D eigenvalue weighted by Gasteiger charge is -2.25. The van der Waals surface area contributed by atoms with Crippen LogP contribution in [0.5, 0.6) is 0 Å². The van der Waals surface area contributed by atoms with Gasteiger partial charge in [-0.15, -0.1) is 0 Å². The zero-order valence-corrected chi connectivity index (χ0v) is 16.5. The van der Waals surface area contributed by atoms with Crippen LogP contribution in [0, 0.1) is 6.92 Å². The maximum Gasteiger partial charge on any atom is 0.227 e. The van der Waals surface area contributed by atoms with Crippen molar-refractivity contribution in [1.29, 1.82) is 0 Å². The third kappa shape index (κ3) is 4.09. The van der Waals surface area contributed by atoms with Crippen molar-refractivity contribution >= 4 is 17.5 Å². The lowest BCUT2D eigenvalue weighted by molar-refractivity contribution is -0.132. The topological polar surface area (TPSA) is 59.2 Å². The number of carbonyl (C=O) groups excluding carboxylic acids is 1. The molecule has 5 nitrogen and oxygen atoms in total. The fourth-order valence-electron chi connectivity index (χ4n) is 3.63. The molecule has 6 heteroatoms. The van der Waals surface area contributed by atoms with Gasteiger partial charge in [0.05, 0.1) is 6.04 Å². The highest BCUT2D eigenvalue weighted by Gasteiger charge is 2.29. The molecule has 0 N–H and O–H groups in total. The molecule has 0 spiro atoms. The number of nitrogens with zero attached hydrogens (tertiary/aromatic N) is 3. The predicted octanol–water partition coefficient (Wildman–Crippen LogP) is 4.99. The Kier molecular flexibility index (Phi) is 5.44. The van der Waals surface area contributed by atoms with Gasteiger partial charge in [0.2, 0.25) is 17.6 Å². The number of hydrogen-bond donors (Lipinski definition) is 0. The van der Waals surface area contributed by atoms with Crippen LogP contribution >= 0.6 is 11.6 Å². The first kappa shape index (κ1) is 18.7. The highest BCUT2D eigenvalue weighted by molar-refractivity contribution is 6.30. The van der Waals surface area contributed by atoms with E-state index in [2.05, 4.69) is 41.3 Å². The summed E-state index contributed by atoms with van der Waals surface area (Å²) in [5.41, 5.74) is 3.27. The second-order valence-electron chi connectivity index (χ2n) is 7.17. The minimum atomic E-state index is 0.134. The van der Waals surface area contributed by atoms with Gasteiger partial charge in [-0.2, -0.15) is 4.98 Å². The highest BCUT2D eigenvalue weighted by Crippen LogP contribution is 2.32. The summed E-state index contributed by atoms with van der Waals surface area (Å²) in [6.07, 6.45) is 2.85. The van der Waals surface area contributed by atoms with E-state index in [1.807, 2.05) is 17.0 Å². The molecule has 1 atom stereocenters. The molecule has 1 saturated heterocycles. The number of aromatic nitrogens is 2. The van der Waals surface area contributed by atoms with Gasteiger partial charge in [0.15, 0.2) is 0 Å². The molecule has 4 rings (SSSR count). The molecule has 0 aliphatic carbocycles. The van der Waals surface area contributed by atoms with Crippen LogP contribution in [0.1, 0.15) is 42.3 Å². The minimum absolute atomic E-state index is 0.134. The van der Waals surface area contributed by atoms with Crippen molar-refractivity contribution in [3.8, 4) is 11.4 Å². The van der Waals surface area contributed by atoms with E-state index in [0.29, 0.717) is 29.6 Å². The Labute approximate surface area is 169 Å². The number of carbonyl (C=O) groups is 1. The molecule has 2 aromatic carbocycles. The summed E-state index contributed by atoms with van der Waals surface area (Å²) in [7, 11) is 0. The van der Waals surface area contributed by atoms with Gasteiger partial charge < -0.3 is 9.42 Å². The number of rotatable bonds is 5. The van der Waals surface area contributed by atoms with E-state index < -0.39 is 0 Å². The van der Waals surface area contributed by atoms with E-state index in [1.54, 1.807) is 12.1 Å². The van der Waals surface area contributed by atoms with Crippen LogP contribution in [-0.2, 0) is 11.2 Å². The summed E-state index contributed by atoms with van der Waals surface area (Å²) in [4.78, 5) is 19.2. The maximum absolute atomic E-state index is 12.8. The summed E-state index contributed by atoms with van der Waals surface area (Å²) >= 11 is 5.91. The standard InChI is InChI=1S/C22H22ClN3O2/c1-15-4-6-16(7-5-15)19-3-2-14-26(19)21(27)13-12-20-24-22(25-28-20)17-8-10-18(23)11-9-17/h4-11,19H,2-3,12-14H2,1H3. The van der Waals surface area contributed by atoms with E-state index in [4.69, 9.17) is 16.1 Å². The Balaban J connectivity index is 1.39. The molecule has 1 amide bonds. The number of aryl methyl sites for hydroxylation is 2. The van der Waals surface area contributed by atoms with Crippen molar-refractivity contribution in [2.45, 2.75) is 38.6 Å². The molecule has 1 aliphatic heterocycles. The van der Waals surface area contributed by atoms with Crippen molar-refractivity contribution in [2.24, 2.45) is 0 Å². The summed E-state index contributed by atoms with van der Waals surface area (Å²) in [5, 5.41) is 4.67. The second-order valence-corrected chi connectivity index (χ2v) is 7.61. The number of likely N-dealkylation sites (tertiary alicyclic amines) is 1. The van der Waals surface area contributed by atoms with E-state index in [-0.39, 0.29) is 11.9 Å². The summed E-state index contributed by atoms with van der Waals surface area (Å²) in [6.45, 7) is 2.88. The molecular formula is C22H22ClN3O2. The minimum Gasteiger partial charge on any atom is -0.339 e. The van der Waals surface area contributed by atoms with Gasteiger partial charge in [0, 0.05) is 30.0 Å². The third-order valence-electron chi connectivity index (χ3n) is 5.16. The zero-order valence-electron chi connectivity index (χ0n) is 15.8. The first-order valence-corrected chi connectivity index (χ1v) is 9.92. The zero-order chi connectivity index (χ0) is 19.5. The van der Waals surface area contributed by atoms with E-state index in [9.17, 15) is 4.79 Å². The molecule has 28 heavy (non-hydrogen) atoms. The van der Waals surface area contributed by atoms with Gasteiger partial charge in [-0.25, -0.2) is 0 Å². The highest BCUT2D eigenvalue weighted by atomic mass is 35.5. The number of hydrogen-bond acceptors (Lipinski definition) is 4. The molecule has 2 heterocycles. The fourth-order valence-corrected chi connectivity index (χ4v) is 3.76. The van der Waals surface area contributed by atoms with Crippen molar-refractivity contribution in [3.63, 3.8) is 0 Å². The summed E-state index contributed by atoms with van der Waals surface area (Å²) < 4.78 is 5.32. The molecule has 1 aromatic heterocycles. The van der Waals surface area contributed by atoms with E-state index in [0.717, 1.165) is 24.9 Å². The van der Waals surface area contributed by atoms with Crippen LogP contribution in [-0.4, -0.2) is 27.5 Å². The van der Waals surface area contributed by atoms with Crippen molar-refractivity contribution < 1.29 is 9.32 Å². The Morgan fingerprint density at radius 1 is 1.18 bits per heavy atom. The molecule has 0 radical (unpaired) electrons. The number of amides is 1. The summed E-state index contributed by atoms with van der Waals surface area (Å²) in [6, 6.07) is 15.9. The second kappa shape index (κ2) is 8.15. The van der Waals surface area contributed by atoms with Crippen LogP contribution in [0.25, 0.3) is 11.4 Å².